The highest BCUT2D eigenvalue weighted by molar-refractivity contribution is 14.0. The fraction of sp³-hybridized carbons (Fsp3) is 0.905. The van der Waals surface area contributed by atoms with Crippen LogP contribution < -0.4 is 16.0 Å². The van der Waals surface area contributed by atoms with Crippen LogP contribution in [0.4, 0.5) is 0 Å². The van der Waals surface area contributed by atoms with E-state index in [4.69, 9.17) is 4.74 Å². The van der Waals surface area contributed by atoms with Gasteiger partial charge in [0.05, 0.1) is 0 Å². The Bertz CT molecular complexity index is 461. The van der Waals surface area contributed by atoms with Gasteiger partial charge in [-0.3, -0.25) is 4.79 Å². The minimum atomic E-state index is 0. The van der Waals surface area contributed by atoms with Crippen LogP contribution in [0.15, 0.2) is 4.99 Å². The molecule has 0 unspecified atom stereocenters. The Labute approximate surface area is 188 Å². The summed E-state index contributed by atoms with van der Waals surface area (Å²) >= 11 is 0. The van der Waals surface area contributed by atoms with Crippen LogP contribution in [0.3, 0.4) is 0 Å². The third-order valence-electron chi connectivity index (χ3n) is 5.97. The van der Waals surface area contributed by atoms with E-state index in [2.05, 4.69) is 27.9 Å². The second-order valence-electron chi connectivity index (χ2n) is 8.11. The van der Waals surface area contributed by atoms with Crippen LogP contribution in [0.25, 0.3) is 0 Å². The Morgan fingerprint density at radius 3 is 2.43 bits per heavy atom. The number of hydrogen-bond donors (Lipinski definition) is 3. The van der Waals surface area contributed by atoms with Gasteiger partial charge in [0.2, 0.25) is 5.91 Å². The summed E-state index contributed by atoms with van der Waals surface area (Å²) < 4.78 is 5.60. The van der Waals surface area contributed by atoms with Crippen LogP contribution in [-0.2, 0) is 9.53 Å². The zero-order valence-corrected chi connectivity index (χ0v) is 20.2. The summed E-state index contributed by atoms with van der Waals surface area (Å²) in [6.07, 6.45) is 12.1. The predicted octanol–water partition coefficient (Wildman–Crippen LogP) is 3.60. The SMILES string of the molecule is CCNC(=NCC(=O)NC1CCCCC1)NCC1(CCOCC)CCCC1.I. The average molecular weight is 508 g/mol. The van der Waals surface area contributed by atoms with Crippen molar-refractivity contribution in [3.63, 3.8) is 0 Å². The van der Waals surface area contributed by atoms with E-state index < -0.39 is 0 Å². The number of carbonyl (C=O) groups excluding carboxylic acids is 1. The first kappa shape index (κ1) is 25.5. The maximum atomic E-state index is 12.2. The molecule has 6 nitrogen and oxygen atoms in total. The summed E-state index contributed by atoms with van der Waals surface area (Å²) in [6.45, 7) is 7.60. The quantitative estimate of drug-likeness (QED) is 0.183. The van der Waals surface area contributed by atoms with Gasteiger partial charge in [0.1, 0.15) is 6.54 Å². The number of hydrogen-bond acceptors (Lipinski definition) is 3. The first-order valence-corrected chi connectivity index (χ1v) is 11.1. The molecule has 3 N–H and O–H groups in total. The zero-order chi connectivity index (χ0) is 19.4. The van der Waals surface area contributed by atoms with E-state index in [0.717, 1.165) is 51.5 Å². The van der Waals surface area contributed by atoms with Crippen LogP contribution in [0, 0.1) is 5.41 Å². The van der Waals surface area contributed by atoms with E-state index in [1.54, 1.807) is 0 Å². The first-order valence-electron chi connectivity index (χ1n) is 11.1. The molecule has 0 heterocycles. The zero-order valence-electron chi connectivity index (χ0n) is 17.9. The molecule has 1 amide bonds. The normalized spacial score (nSPS) is 19.7. The molecular weight excluding hydrogens is 467 g/mol. The van der Waals surface area contributed by atoms with Gasteiger partial charge in [-0.1, -0.05) is 32.1 Å². The van der Waals surface area contributed by atoms with E-state index in [1.807, 2.05) is 6.92 Å². The van der Waals surface area contributed by atoms with Gasteiger partial charge >= 0.3 is 0 Å². The van der Waals surface area contributed by atoms with Gasteiger partial charge in [0.15, 0.2) is 5.96 Å². The molecule has 0 radical (unpaired) electrons. The van der Waals surface area contributed by atoms with Gasteiger partial charge in [-0.15, -0.1) is 24.0 Å². The summed E-state index contributed by atoms with van der Waals surface area (Å²) in [5, 5.41) is 9.91. The number of rotatable bonds is 10. The van der Waals surface area contributed by atoms with E-state index in [0.29, 0.717) is 11.5 Å². The molecular formula is C21H41IN4O2. The lowest BCUT2D eigenvalue weighted by molar-refractivity contribution is -0.120. The fourth-order valence-corrected chi connectivity index (χ4v) is 4.36. The highest BCUT2D eigenvalue weighted by Crippen LogP contribution is 2.40. The summed E-state index contributed by atoms with van der Waals surface area (Å²) in [6, 6.07) is 0.345. The van der Waals surface area contributed by atoms with Crippen molar-refractivity contribution in [3.05, 3.63) is 0 Å². The predicted molar refractivity (Wildman–Crippen MR) is 126 cm³/mol. The molecule has 28 heavy (non-hydrogen) atoms. The third-order valence-corrected chi connectivity index (χ3v) is 5.97. The number of halogens is 1. The lowest BCUT2D eigenvalue weighted by atomic mass is 9.83. The highest BCUT2D eigenvalue weighted by Gasteiger charge is 2.33. The fourth-order valence-electron chi connectivity index (χ4n) is 4.36. The summed E-state index contributed by atoms with van der Waals surface area (Å²) in [5.74, 6) is 0.782. The Kier molecular flexibility index (Phi) is 13.1. The molecule has 164 valence electrons. The largest absolute Gasteiger partial charge is 0.382 e. The molecule has 2 rings (SSSR count). The van der Waals surface area contributed by atoms with E-state index in [-0.39, 0.29) is 36.4 Å². The number of ether oxygens (including phenoxy) is 1. The van der Waals surface area contributed by atoms with E-state index in [1.165, 1.54) is 44.9 Å². The lowest BCUT2D eigenvalue weighted by Crippen LogP contribution is -2.44. The average Bonchev–Trinajstić information content (AvgIpc) is 3.14. The van der Waals surface area contributed by atoms with Crippen LogP contribution in [0.1, 0.15) is 78.1 Å². The topological polar surface area (TPSA) is 74.8 Å². The number of guanidine groups is 1. The van der Waals surface area contributed by atoms with Crippen molar-refractivity contribution in [1.29, 1.82) is 0 Å². The molecule has 0 saturated heterocycles. The molecule has 7 heteroatoms. The Morgan fingerprint density at radius 2 is 1.79 bits per heavy atom. The molecule has 2 aliphatic rings. The number of nitrogens with zero attached hydrogens (tertiary/aromatic N) is 1. The molecule has 0 aromatic heterocycles. The molecule has 2 saturated carbocycles. The van der Waals surface area contributed by atoms with Crippen molar-refractivity contribution in [2.45, 2.75) is 84.1 Å². The van der Waals surface area contributed by atoms with Crippen molar-refractivity contribution >= 4 is 35.8 Å². The summed E-state index contributed by atoms with van der Waals surface area (Å²) in [7, 11) is 0. The van der Waals surface area contributed by atoms with E-state index >= 15 is 0 Å². The number of amides is 1. The smallest absolute Gasteiger partial charge is 0.242 e. The lowest BCUT2D eigenvalue weighted by Gasteiger charge is -2.30. The van der Waals surface area contributed by atoms with Crippen LogP contribution in [-0.4, -0.2) is 50.8 Å². The molecule has 0 spiro atoms. The van der Waals surface area contributed by atoms with Crippen molar-refractivity contribution in [1.82, 2.24) is 16.0 Å². The molecule has 2 aliphatic carbocycles. The molecule has 0 atom stereocenters. The number of carbonyl (C=O) groups is 1. The minimum absolute atomic E-state index is 0. The summed E-state index contributed by atoms with van der Waals surface area (Å²) in [4.78, 5) is 16.7. The molecule has 0 bridgehead atoms. The van der Waals surface area contributed by atoms with Gasteiger partial charge in [-0.25, -0.2) is 4.99 Å². The van der Waals surface area contributed by atoms with Crippen molar-refractivity contribution in [2.24, 2.45) is 10.4 Å². The second-order valence-corrected chi connectivity index (χ2v) is 8.11. The molecule has 2 fully saturated rings. The van der Waals surface area contributed by atoms with Crippen LogP contribution >= 0.6 is 24.0 Å². The van der Waals surface area contributed by atoms with E-state index in [9.17, 15) is 4.79 Å². The molecule has 0 aromatic carbocycles. The van der Waals surface area contributed by atoms with Gasteiger partial charge in [-0.05, 0) is 51.4 Å². The monoisotopic (exact) mass is 508 g/mol. The molecule has 0 aliphatic heterocycles. The molecule has 0 aromatic rings. The summed E-state index contributed by atoms with van der Waals surface area (Å²) in [5.41, 5.74) is 0.301. The third kappa shape index (κ3) is 9.29. The van der Waals surface area contributed by atoms with Crippen LogP contribution in [0.2, 0.25) is 0 Å². The maximum absolute atomic E-state index is 12.2. The van der Waals surface area contributed by atoms with Gasteiger partial charge in [0.25, 0.3) is 0 Å². The van der Waals surface area contributed by atoms with Gasteiger partial charge in [-0.2, -0.15) is 0 Å². The standard InChI is InChI=1S/C21H40N4O2.HI/c1-3-22-20(23-16-19(26)25-18-10-6-5-7-11-18)24-17-21(12-8-9-13-21)14-15-27-4-2;/h18H,3-17H2,1-2H3,(H,25,26)(H2,22,23,24);1H. The van der Waals surface area contributed by atoms with Crippen LogP contribution in [0.5, 0.6) is 0 Å². The van der Waals surface area contributed by atoms with Gasteiger partial charge in [0, 0.05) is 32.3 Å². The second kappa shape index (κ2) is 14.4. The number of nitrogens with one attached hydrogen (secondary N) is 3. The number of aliphatic imine (C=N–C) groups is 1. The Morgan fingerprint density at radius 1 is 1.07 bits per heavy atom. The minimum Gasteiger partial charge on any atom is -0.382 e. The van der Waals surface area contributed by atoms with Crippen molar-refractivity contribution in [3.8, 4) is 0 Å². The van der Waals surface area contributed by atoms with Crippen molar-refractivity contribution < 1.29 is 9.53 Å². The van der Waals surface area contributed by atoms with Crippen molar-refractivity contribution in [2.75, 3.05) is 32.8 Å². The Hall–Kier alpha value is -0.570. The highest BCUT2D eigenvalue weighted by atomic mass is 127. The Balaban J connectivity index is 0.00000392. The first-order chi connectivity index (χ1) is 13.2. The maximum Gasteiger partial charge on any atom is 0.242 e. The van der Waals surface area contributed by atoms with Gasteiger partial charge < -0.3 is 20.7 Å².